The van der Waals surface area contributed by atoms with Crippen molar-refractivity contribution >= 4 is 46.5 Å². The van der Waals surface area contributed by atoms with Gasteiger partial charge in [-0.3, -0.25) is 14.9 Å². The number of hydrogen-bond donors (Lipinski definition) is 2. The van der Waals surface area contributed by atoms with E-state index in [0.717, 1.165) is 36.4 Å². The minimum atomic E-state index is -0.423. The van der Waals surface area contributed by atoms with Crippen LogP contribution in [-0.4, -0.2) is 58.2 Å². The number of aromatic nitrogens is 2. The van der Waals surface area contributed by atoms with E-state index < -0.39 is 5.91 Å². The Kier molecular flexibility index (Phi) is 5.06. The third-order valence-corrected chi connectivity index (χ3v) is 6.49. The van der Waals surface area contributed by atoms with Crippen molar-refractivity contribution in [3.05, 3.63) is 53.3 Å². The summed E-state index contributed by atoms with van der Waals surface area (Å²) in [5.74, 6) is 1.52. The predicted octanol–water partition coefficient (Wildman–Crippen LogP) is 2.40. The summed E-state index contributed by atoms with van der Waals surface area (Å²) in [5, 5.41) is 4.79. The van der Waals surface area contributed by atoms with Crippen LogP contribution in [0.25, 0.3) is 6.08 Å². The summed E-state index contributed by atoms with van der Waals surface area (Å²) in [6, 6.07) is 11.2. The molecule has 4 heterocycles. The molecule has 0 radical (unpaired) electrons. The van der Waals surface area contributed by atoms with Gasteiger partial charge in [0.25, 0.3) is 11.1 Å². The lowest BCUT2D eigenvalue weighted by Crippen LogP contribution is -2.36. The van der Waals surface area contributed by atoms with Crippen LogP contribution in [0, 0.1) is 11.8 Å². The first-order valence-electron chi connectivity index (χ1n) is 9.99. The van der Waals surface area contributed by atoms with E-state index >= 15 is 0 Å². The molecule has 1 aromatic heterocycles. The van der Waals surface area contributed by atoms with Gasteiger partial charge in [0.2, 0.25) is 0 Å². The van der Waals surface area contributed by atoms with Crippen LogP contribution in [0.1, 0.15) is 5.82 Å². The van der Waals surface area contributed by atoms with Crippen molar-refractivity contribution in [3.8, 4) is 0 Å². The molecule has 3 fully saturated rings. The number of nitrogens with one attached hydrogen (secondary N) is 2. The van der Waals surface area contributed by atoms with Crippen LogP contribution < -0.4 is 15.5 Å². The molecule has 2 N–H and O–H groups in total. The van der Waals surface area contributed by atoms with Crippen LogP contribution >= 0.6 is 11.8 Å². The van der Waals surface area contributed by atoms with Gasteiger partial charge in [-0.2, -0.15) is 0 Å². The van der Waals surface area contributed by atoms with E-state index in [2.05, 4.69) is 25.5 Å². The maximum atomic E-state index is 12.6. The smallest absolute Gasteiger partial charge is 0.321 e. The van der Waals surface area contributed by atoms with Crippen molar-refractivity contribution in [3.63, 3.8) is 0 Å². The lowest BCUT2D eigenvalue weighted by molar-refractivity contribution is -0.115. The fourth-order valence-electron chi connectivity index (χ4n) is 4.22. The molecule has 4 amide bonds. The van der Waals surface area contributed by atoms with Gasteiger partial charge >= 0.3 is 6.03 Å². The number of urea groups is 1. The molecular formula is C21H20N6O3S. The number of carbonyl (C=O) groups is 3. The van der Waals surface area contributed by atoms with Crippen molar-refractivity contribution in [2.45, 2.75) is 0 Å². The van der Waals surface area contributed by atoms with Crippen molar-refractivity contribution in [1.29, 1.82) is 0 Å². The zero-order valence-electron chi connectivity index (χ0n) is 16.5. The monoisotopic (exact) mass is 436 g/mol. The van der Waals surface area contributed by atoms with E-state index in [-0.39, 0.29) is 11.3 Å². The van der Waals surface area contributed by atoms with E-state index in [4.69, 9.17) is 0 Å². The first kappa shape index (κ1) is 19.6. The van der Waals surface area contributed by atoms with Crippen LogP contribution in [-0.2, 0) is 4.79 Å². The summed E-state index contributed by atoms with van der Waals surface area (Å²) in [5.41, 5.74) is 0.796. The molecule has 31 heavy (non-hydrogen) atoms. The quantitative estimate of drug-likeness (QED) is 0.712. The lowest BCUT2D eigenvalue weighted by Gasteiger charge is -2.22. The Morgan fingerprint density at radius 3 is 2.52 bits per heavy atom. The lowest BCUT2D eigenvalue weighted by atomic mass is 10.0. The molecular weight excluding hydrogens is 416 g/mol. The predicted molar refractivity (Wildman–Crippen MR) is 117 cm³/mol. The maximum Gasteiger partial charge on any atom is 0.321 e. The van der Waals surface area contributed by atoms with Crippen LogP contribution in [0.4, 0.5) is 21.1 Å². The number of thioether (sulfide) groups is 1. The molecule has 9 nitrogen and oxygen atoms in total. The second kappa shape index (κ2) is 8.03. The van der Waals surface area contributed by atoms with Gasteiger partial charge in [0.1, 0.15) is 5.82 Å². The fraction of sp³-hybridized carbons (Fsp3) is 0.286. The van der Waals surface area contributed by atoms with E-state index in [0.29, 0.717) is 35.7 Å². The standard InChI is InChI=1S/C21H20N6O3S/c28-19-16(31-21(30)25-19)8-17-22-7-6-18(24-17)26-9-13-11-27(12-14(13)10-26)20(29)23-15-4-2-1-3-5-15/h1-8,13-14H,9-12H2,(H,23,29)(H,25,28,30). The molecule has 2 atom stereocenters. The highest BCUT2D eigenvalue weighted by molar-refractivity contribution is 8.18. The number of fused-ring (bicyclic) bond motifs is 1. The zero-order chi connectivity index (χ0) is 21.4. The average Bonchev–Trinajstić information content (AvgIpc) is 3.42. The number of rotatable bonds is 3. The summed E-state index contributed by atoms with van der Waals surface area (Å²) in [6.45, 7) is 3.03. The Balaban J connectivity index is 1.22. The van der Waals surface area contributed by atoms with Crippen molar-refractivity contribution < 1.29 is 14.4 Å². The Bertz CT molecular complexity index is 1060. The maximum absolute atomic E-state index is 12.6. The summed E-state index contributed by atoms with van der Waals surface area (Å²) in [6.07, 6.45) is 3.18. The molecule has 5 rings (SSSR count). The van der Waals surface area contributed by atoms with Crippen molar-refractivity contribution in [2.75, 3.05) is 36.4 Å². The SMILES string of the molecule is O=C1NC(=O)C(=Cc2nccc(N3CC4CN(C(=O)Nc5ccccc5)CC4C3)n2)S1. The Hall–Kier alpha value is -3.40. The number of carbonyl (C=O) groups excluding carboxylic acids is 3. The molecule has 2 aromatic rings. The normalized spacial score (nSPS) is 23.9. The van der Waals surface area contributed by atoms with E-state index in [1.165, 1.54) is 6.08 Å². The highest BCUT2D eigenvalue weighted by Gasteiger charge is 2.42. The molecule has 10 heteroatoms. The van der Waals surface area contributed by atoms with Gasteiger partial charge in [0.15, 0.2) is 5.82 Å². The molecule has 0 bridgehead atoms. The summed E-state index contributed by atoms with van der Waals surface area (Å²) in [4.78, 5) is 48.8. The van der Waals surface area contributed by atoms with Gasteiger partial charge in [0.05, 0.1) is 4.91 Å². The first-order chi connectivity index (χ1) is 15.0. The number of hydrogen-bond acceptors (Lipinski definition) is 7. The van der Waals surface area contributed by atoms with Gasteiger partial charge in [-0.05, 0) is 30.0 Å². The fourth-order valence-corrected chi connectivity index (χ4v) is 4.87. The van der Waals surface area contributed by atoms with E-state index in [1.807, 2.05) is 41.3 Å². The summed E-state index contributed by atoms with van der Waals surface area (Å²) < 4.78 is 0. The molecule has 158 valence electrons. The zero-order valence-corrected chi connectivity index (χ0v) is 17.3. The number of likely N-dealkylation sites (tertiary alicyclic amines) is 1. The number of amides is 4. The van der Waals surface area contributed by atoms with Crippen molar-refractivity contribution in [2.24, 2.45) is 11.8 Å². The number of anilines is 2. The molecule has 1 aromatic carbocycles. The van der Waals surface area contributed by atoms with Crippen LogP contribution in [0.15, 0.2) is 47.5 Å². The number of para-hydroxylation sites is 1. The number of benzene rings is 1. The van der Waals surface area contributed by atoms with Gasteiger partial charge in [-0.25, -0.2) is 14.8 Å². The third kappa shape index (κ3) is 4.11. The molecule has 0 aliphatic carbocycles. The van der Waals surface area contributed by atoms with Crippen molar-refractivity contribution in [1.82, 2.24) is 20.2 Å². The summed E-state index contributed by atoms with van der Waals surface area (Å²) >= 11 is 0.848. The first-order valence-corrected chi connectivity index (χ1v) is 10.8. The molecule has 0 spiro atoms. The number of imide groups is 1. The average molecular weight is 436 g/mol. The summed E-state index contributed by atoms with van der Waals surface area (Å²) in [7, 11) is 0. The van der Waals surface area contributed by atoms with E-state index in [1.54, 1.807) is 6.20 Å². The minimum Gasteiger partial charge on any atom is -0.356 e. The highest BCUT2D eigenvalue weighted by Crippen LogP contribution is 2.34. The second-order valence-corrected chi connectivity index (χ2v) is 8.77. The number of nitrogens with zero attached hydrogens (tertiary/aromatic N) is 4. The van der Waals surface area contributed by atoms with Gasteiger partial charge < -0.3 is 15.1 Å². The minimum absolute atomic E-state index is 0.0648. The third-order valence-electron chi connectivity index (χ3n) is 5.68. The largest absolute Gasteiger partial charge is 0.356 e. The topological polar surface area (TPSA) is 108 Å². The Labute approximate surface area is 182 Å². The molecule has 3 aliphatic heterocycles. The van der Waals surface area contributed by atoms with Gasteiger partial charge in [0, 0.05) is 56.0 Å². The second-order valence-electron chi connectivity index (χ2n) is 7.75. The Morgan fingerprint density at radius 2 is 1.84 bits per heavy atom. The van der Waals surface area contributed by atoms with Crippen LogP contribution in [0.2, 0.25) is 0 Å². The van der Waals surface area contributed by atoms with Crippen LogP contribution in [0.5, 0.6) is 0 Å². The Morgan fingerprint density at radius 1 is 1.10 bits per heavy atom. The van der Waals surface area contributed by atoms with Gasteiger partial charge in [-0.1, -0.05) is 18.2 Å². The van der Waals surface area contributed by atoms with Gasteiger partial charge in [-0.15, -0.1) is 0 Å². The van der Waals surface area contributed by atoms with Crippen LogP contribution in [0.3, 0.4) is 0 Å². The van der Waals surface area contributed by atoms with E-state index in [9.17, 15) is 14.4 Å². The molecule has 0 saturated carbocycles. The molecule has 3 saturated heterocycles. The highest BCUT2D eigenvalue weighted by atomic mass is 32.2. The molecule has 3 aliphatic rings. The molecule has 2 unspecified atom stereocenters.